The molecular weight excluding hydrogens is 551 g/mol. The lowest BCUT2D eigenvalue weighted by Gasteiger charge is -2.12. The number of H-pyrrole nitrogens is 1. The molecular formula is C26H17BrF3N5O2. The Morgan fingerprint density at radius 2 is 1.89 bits per heavy atom. The number of alkyl halides is 3. The molecule has 0 aliphatic carbocycles. The van der Waals surface area contributed by atoms with Crippen molar-refractivity contribution in [3.8, 4) is 23.1 Å². The average molecular weight is 568 g/mol. The highest BCUT2D eigenvalue weighted by Gasteiger charge is 2.30. The first-order valence-corrected chi connectivity index (χ1v) is 11.5. The third kappa shape index (κ3) is 6.42. The van der Waals surface area contributed by atoms with Crippen LogP contribution in [0, 0.1) is 11.3 Å². The Kier molecular flexibility index (Phi) is 7.69. The van der Waals surface area contributed by atoms with E-state index in [0.717, 1.165) is 16.6 Å². The predicted molar refractivity (Wildman–Crippen MR) is 136 cm³/mol. The quantitative estimate of drug-likeness (QED) is 0.207. The smallest absolute Gasteiger partial charge is 0.416 e. The van der Waals surface area contributed by atoms with E-state index in [-0.39, 0.29) is 23.8 Å². The van der Waals surface area contributed by atoms with Gasteiger partial charge in [0, 0.05) is 15.6 Å². The summed E-state index contributed by atoms with van der Waals surface area (Å²) in [5.41, 5.74) is 2.79. The number of nitrogens with zero attached hydrogens (tertiary/aromatic N) is 3. The van der Waals surface area contributed by atoms with Crippen molar-refractivity contribution in [2.75, 3.05) is 5.43 Å². The Morgan fingerprint density at radius 3 is 2.62 bits per heavy atom. The fourth-order valence-electron chi connectivity index (χ4n) is 3.35. The number of rotatable bonds is 7. The summed E-state index contributed by atoms with van der Waals surface area (Å²) in [6.45, 7) is -0.0925. The second kappa shape index (κ2) is 11.1. The number of benzene rings is 3. The van der Waals surface area contributed by atoms with Crippen molar-refractivity contribution in [2.24, 2.45) is 5.10 Å². The van der Waals surface area contributed by atoms with Gasteiger partial charge in [-0.1, -0.05) is 58.4 Å². The first kappa shape index (κ1) is 25.7. The predicted octanol–water partition coefficient (Wildman–Crippen LogP) is 6.11. The van der Waals surface area contributed by atoms with E-state index < -0.39 is 17.3 Å². The minimum absolute atomic E-state index is 0.0144. The van der Waals surface area contributed by atoms with Gasteiger partial charge in [0.2, 0.25) is 5.95 Å². The van der Waals surface area contributed by atoms with E-state index in [9.17, 15) is 23.2 Å². The molecule has 2 N–H and O–H groups in total. The number of nitriles is 1. The molecule has 3 aromatic carbocycles. The standard InChI is InChI=1S/C26H17BrF3N5O2/c27-20-9-10-22(37-15-16-5-4-8-19(11-16)26(28,29)30)18(12-20)14-32-35-25-33-23(17-6-2-1-3-7-17)21(13-31)24(36)34-25/h1-12,14H,15H2,(H2,33,34,35,36). The van der Waals surface area contributed by atoms with Crippen molar-refractivity contribution in [1.82, 2.24) is 9.97 Å². The largest absolute Gasteiger partial charge is 0.488 e. The second-order valence-corrected chi connectivity index (χ2v) is 8.57. The summed E-state index contributed by atoms with van der Waals surface area (Å²) in [6.07, 6.45) is -3.04. The summed E-state index contributed by atoms with van der Waals surface area (Å²) in [5.74, 6) is 0.387. The molecule has 186 valence electrons. The van der Waals surface area contributed by atoms with Crippen LogP contribution in [0.25, 0.3) is 11.3 Å². The number of ether oxygens (including phenoxy) is 1. The summed E-state index contributed by atoms with van der Waals surface area (Å²) >= 11 is 3.37. The van der Waals surface area contributed by atoms with Gasteiger partial charge in [-0.2, -0.15) is 23.5 Å². The van der Waals surface area contributed by atoms with Gasteiger partial charge in [-0.05, 0) is 35.9 Å². The number of hydrogen-bond donors (Lipinski definition) is 2. The van der Waals surface area contributed by atoms with E-state index in [1.807, 2.05) is 6.07 Å². The number of halogens is 4. The van der Waals surface area contributed by atoms with Crippen LogP contribution in [0.1, 0.15) is 22.3 Å². The molecule has 0 fully saturated rings. The van der Waals surface area contributed by atoms with E-state index in [1.165, 1.54) is 12.3 Å². The molecule has 0 radical (unpaired) electrons. The fourth-order valence-corrected chi connectivity index (χ4v) is 3.73. The monoisotopic (exact) mass is 567 g/mol. The Balaban J connectivity index is 1.54. The lowest BCUT2D eigenvalue weighted by molar-refractivity contribution is -0.137. The van der Waals surface area contributed by atoms with Crippen LogP contribution in [0.3, 0.4) is 0 Å². The zero-order chi connectivity index (χ0) is 26.4. The maximum Gasteiger partial charge on any atom is 0.416 e. The first-order chi connectivity index (χ1) is 17.7. The Bertz CT molecular complexity index is 1550. The highest BCUT2D eigenvalue weighted by Crippen LogP contribution is 2.30. The molecule has 0 atom stereocenters. The first-order valence-electron chi connectivity index (χ1n) is 10.7. The third-order valence-electron chi connectivity index (χ3n) is 5.07. The van der Waals surface area contributed by atoms with Crippen molar-refractivity contribution in [3.05, 3.63) is 110 Å². The van der Waals surface area contributed by atoms with Gasteiger partial charge in [0.25, 0.3) is 5.56 Å². The summed E-state index contributed by atoms with van der Waals surface area (Å²) in [7, 11) is 0. The maximum absolute atomic E-state index is 13.0. The number of hydrogen-bond acceptors (Lipinski definition) is 6. The summed E-state index contributed by atoms with van der Waals surface area (Å²) in [5, 5.41) is 13.5. The number of hydrazone groups is 1. The lowest BCUT2D eigenvalue weighted by atomic mass is 10.1. The minimum Gasteiger partial charge on any atom is -0.488 e. The van der Waals surface area contributed by atoms with E-state index in [2.05, 4.69) is 36.4 Å². The highest BCUT2D eigenvalue weighted by atomic mass is 79.9. The van der Waals surface area contributed by atoms with Crippen LogP contribution in [0.2, 0.25) is 0 Å². The molecule has 0 spiro atoms. The molecule has 0 bridgehead atoms. The van der Waals surface area contributed by atoms with E-state index in [1.54, 1.807) is 54.6 Å². The summed E-state index contributed by atoms with van der Waals surface area (Å²) in [6, 6.07) is 20.6. The molecule has 1 heterocycles. The average Bonchev–Trinajstić information content (AvgIpc) is 2.88. The SMILES string of the molecule is N#Cc1c(-c2ccccc2)nc(NN=Cc2cc(Br)ccc2OCc2cccc(C(F)(F)F)c2)[nH]c1=O. The molecule has 4 aromatic rings. The van der Waals surface area contributed by atoms with Crippen molar-refractivity contribution >= 4 is 28.1 Å². The van der Waals surface area contributed by atoms with Gasteiger partial charge in [-0.25, -0.2) is 10.4 Å². The van der Waals surface area contributed by atoms with Gasteiger partial charge >= 0.3 is 6.18 Å². The van der Waals surface area contributed by atoms with Gasteiger partial charge in [-0.15, -0.1) is 0 Å². The molecule has 0 aliphatic rings. The number of nitrogens with one attached hydrogen (secondary N) is 2. The van der Waals surface area contributed by atoms with Crippen LogP contribution in [-0.2, 0) is 12.8 Å². The molecule has 0 saturated carbocycles. The van der Waals surface area contributed by atoms with Crippen LogP contribution < -0.4 is 15.7 Å². The van der Waals surface area contributed by atoms with Crippen LogP contribution in [0.5, 0.6) is 5.75 Å². The van der Waals surface area contributed by atoms with Gasteiger partial charge in [0.1, 0.15) is 24.0 Å². The Morgan fingerprint density at radius 1 is 1.11 bits per heavy atom. The zero-order valence-electron chi connectivity index (χ0n) is 18.9. The van der Waals surface area contributed by atoms with Gasteiger partial charge in [-0.3, -0.25) is 9.78 Å². The Hall–Kier alpha value is -4.43. The zero-order valence-corrected chi connectivity index (χ0v) is 20.5. The molecule has 0 unspecified atom stereocenters. The molecule has 0 aliphatic heterocycles. The van der Waals surface area contributed by atoms with Crippen LogP contribution in [0.4, 0.5) is 19.1 Å². The highest BCUT2D eigenvalue weighted by molar-refractivity contribution is 9.10. The van der Waals surface area contributed by atoms with Crippen molar-refractivity contribution < 1.29 is 17.9 Å². The summed E-state index contributed by atoms with van der Waals surface area (Å²) < 4.78 is 45.5. The van der Waals surface area contributed by atoms with Crippen LogP contribution in [-0.4, -0.2) is 16.2 Å². The van der Waals surface area contributed by atoms with Crippen LogP contribution in [0.15, 0.2) is 87.2 Å². The van der Waals surface area contributed by atoms with E-state index >= 15 is 0 Å². The molecule has 7 nitrogen and oxygen atoms in total. The maximum atomic E-state index is 13.0. The number of anilines is 1. The molecule has 0 saturated heterocycles. The van der Waals surface area contributed by atoms with Crippen molar-refractivity contribution in [2.45, 2.75) is 12.8 Å². The number of aromatic amines is 1. The third-order valence-corrected chi connectivity index (χ3v) is 5.57. The molecule has 1 aromatic heterocycles. The fraction of sp³-hybridized carbons (Fsp3) is 0.0769. The lowest BCUT2D eigenvalue weighted by Crippen LogP contribution is -2.16. The summed E-state index contributed by atoms with van der Waals surface area (Å²) in [4.78, 5) is 19.2. The van der Waals surface area contributed by atoms with E-state index in [0.29, 0.717) is 22.4 Å². The van der Waals surface area contributed by atoms with E-state index in [4.69, 9.17) is 4.74 Å². The molecule has 0 amide bonds. The van der Waals surface area contributed by atoms with Gasteiger partial charge in [0.05, 0.1) is 17.5 Å². The number of aromatic nitrogens is 2. The van der Waals surface area contributed by atoms with Crippen molar-refractivity contribution in [1.29, 1.82) is 5.26 Å². The molecule has 11 heteroatoms. The Labute approximate surface area is 217 Å². The van der Waals surface area contributed by atoms with Crippen molar-refractivity contribution in [3.63, 3.8) is 0 Å². The van der Waals surface area contributed by atoms with Crippen LogP contribution >= 0.6 is 15.9 Å². The normalized spacial score (nSPS) is 11.3. The topological polar surface area (TPSA) is 103 Å². The minimum atomic E-state index is -4.45. The van der Waals surface area contributed by atoms with Gasteiger partial charge < -0.3 is 4.74 Å². The molecule has 4 rings (SSSR count). The second-order valence-electron chi connectivity index (χ2n) is 7.65. The molecule has 37 heavy (non-hydrogen) atoms. The van der Waals surface area contributed by atoms with Gasteiger partial charge in [0.15, 0.2) is 0 Å².